The molecule has 96 valence electrons. The van der Waals surface area contributed by atoms with Gasteiger partial charge >= 0.3 is 0 Å². The maximum absolute atomic E-state index is 13.3. The maximum Gasteiger partial charge on any atom is 0.173 e. The van der Waals surface area contributed by atoms with E-state index in [1.165, 1.54) is 6.07 Å². The predicted molar refractivity (Wildman–Crippen MR) is 67.7 cm³/mol. The van der Waals surface area contributed by atoms with Crippen molar-refractivity contribution in [1.29, 1.82) is 0 Å². The SMILES string of the molecule is CCC(CC)CC(O)c1ccc(F)c(F)c1Br. The van der Waals surface area contributed by atoms with E-state index in [1.54, 1.807) is 0 Å². The third kappa shape index (κ3) is 3.49. The second-order valence-corrected chi connectivity index (χ2v) is 4.99. The molecule has 17 heavy (non-hydrogen) atoms. The van der Waals surface area contributed by atoms with Crippen LogP contribution >= 0.6 is 15.9 Å². The van der Waals surface area contributed by atoms with E-state index in [0.29, 0.717) is 17.9 Å². The Kier molecular flexibility index (Phi) is 5.53. The maximum atomic E-state index is 13.3. The summed E-state index contributed by atoms with van der Waals surface area (Å²) >= 11 is 2.99. The lowest BCUT2D eigenvalue weighted by atomic mass is 9.93. The van der Waals surface area contributed by atoms with E-state index in [0.717, 1.165) is 18.9 Å². The first-order valence-electron chi connectivity index (χ1n) is 5.82. The van der Waals surface area contributed by atoms with Crippen LogP contribution in [-0.2, 0) is 0 Å². The van der Waals surface area contributed by atoms with Crippen molar-refractivity contribution in [3.63, 3.8) is 0 Å². The molecule has 4 heteroatoms. The molecule has 0 fully saturated rings. The third-order valence-electron chi connectivity index (χ3n) is 3.14. The van der Waals surface area contributed by atoms with E-state index in [4.69, 9.17) is 0 Å². The number of rotatable bonds is 5. The van der Waals surface area contributed by atoms with Crippen LogP contribution in [0, 0.1) is 17.6 Å². The summed E-state index contributed by atoms with van der Waals surface area (Å²) in [6.07, 6.45) is 1.74. The van der Waals surface area contributed by atoms with Gasteiger partial charge in [0, 0.05) is 0 Å². The summed E-state index contributed by atoms with van der Waals surface area (Å²) in [5.41, 5.74) is 0.413. The molecule has 0 aliphatic carbocycles. The monoisotopic (exact) mass is 306 g/mol. The zero-order valence-corrected chi connectivity index (χ0v) is 11.6. The predicted octanol–water partition coefficient (Wildman–Crippen LogP) is 4.59. The third-order valence-corrected chi connectivity index (χ3v) is 3.94. The van der Waals surface area contributed by atoms with Gasteiger partial charge in [0.15, 0.2) is 11.6 Å². The number of hydrogen-bond donors (Lipinski definition) is 1. The number of hydrogen-bond acceptors (Lipinski definition) is 1. The van der Waals surface area contributed by atoms with E-state index in [2.05, 4.69) is 29.8 Å². The first kappa shape index (κ1) is 14.6. The number of halogens is 3. The van der Waals surface area contributed by atoms with Crippen LogP contribution < -0.4 is 0 Å². The number of benzene rings is 1. The molecular formula is C13H17BrF2O. The van der Waals surface area contributed by atoms with Gasteiger partial charge < -0.3 is 5.11 Å². The zero-order chi connectivity index (χ0) is 13.0. The smallest absolute Gasteiger partial charge is 0.173 e. The minimum atomic E-state index is -0.939. The van der Waals surface area contributed by atoms with Crippen LogP contribution in [0.15, 0.2) is 16.6 Å². The summed E-state index contributed by atoms with van der Waals surface area (Å²) < 4.78 is 26.3. The molecule has 0 aliphatic rings. The fourth-order valence-electron chi connectivity index (χ4n) is 1.86. The summed E-state index contributed by atoms with van der Waals surface area (Å²) in [5, 5.41) is 10.0. The van der Waals surface area contributed by atoms with Gasteiger partial charge in [-0.2, -0.15) is 0 Å². The Morgan fingerprint density at radius 3 is 2.35 bits per heavy atom. The summed E-state index contributed by atoms with van der Waals surface area (Å²) in [6, 6.07) is 2.47. The molecule has 0 bridgehead atoms. The van der Waals surface area contributed by atoms with Gasteiger partial charge in [-0.25, -0.2) is 8.78 Å². The second kappa shape index (κ2) is 6.45. The van der Waals surface area contributed by atoms with E-state index in [1.807, 2.05) is 0 Å². The largest absolute Gasteiger partial charge is 0.388 e. The van der Waals surface area contributed by atoms with Crippen molar-refractivity contribution in [2.45, 2.75) is 39.2 Å². The van der Waals surface area contributed by atoms with Crippen LogP contribution in [-0.4, -0.2) is 5.11 Å². The average Bonchev–Trinajstić information content (AvgIpc) is 2.32. The molecule has 1 aromatic rings. The highest BCUT2D eigenvalue weighted by Gasteiger charge is 2.19. The highest BCUT2D eigenvalue weighted by molar-refractivity contribution is 9.10. The zero-order valence-electron chi connectivity index (χ0n) is 10.0. The summed E-state index contributed by atoms with van der Waals surface area (Å²) in [7, 11) is 0. The van der Waals surface area contributed by atoms with Crippen LogP contribution in [0.1, 0.15) is 44.8 Å². The molecule has 1 nitrogen and oxygen atoms in total. The summed E-state index contributed by atoms with van der Waals surface area (Å²) in [6.45, 7) is 4.11. The lowest BCUT2D eigenvalue weighted by molar-refractivity contribution is 0.140. The lowest BCUT2D eigenvalue weighted by Crippen LogP contribution is -2.07. The van der Waals surface area contributed by atoms with Crippen LogP contribution in [0.25, 0.3) is 0 Å². The molecule has 1 unspecified atom stereocenters. The molecule has 0 heterocycles. The Bertz CT molecular complexity index is 378. The van der Waals surface area contributed by atoms with E-state index in [-0.39, 0.29) is 4.47 Å². The molecule has 1 aromatic carbocycles. The molecular weight excluding hydrogens is 290 g/mol. The fourth-order valence-corrected chi connectivity index (χ4v) is 2.45. The molecule has 0 amide bonds. The first-order chi connectivity index (χ1) is 8.01. The Morgan fingerprint density at radius 1 is 1.24 bits per heavy atom. The van der Waals surface area contributed by atoms with E-state index < -0.39 is 17.7 Å². The first-order valence-corrected chi connectivity index (χ1v) is 6.61. The average molecular weight is 307 g/mol. The highest BCUT2D eigenvalue weighted by Crippen LogP contribution is 2.32. The molecule has 0 spiro atoms. The van der Waals surface area contributed by atoms with Crippen molar-refractivity contribution in [2.75, 3.05) is 0 Å². The Hall–Kier alpha value is -0.480. The Labute approximate surface area is 109 Å². The molecule has 1 N–H and O–H groups in total. The van der Waals surface area contributed by atoms with Crippen molar-refractivity contribution in [1.82, 2.24) is 0 Å². The van der Waals surface area contributed by atoms with Gasteiger partial charge in [0.25, 0.3) is 0 Å². The molecule has 1 atom stereocenters. The topological polar surface area (TPSA) is 20.2 Å². The van der Waals surface area contributed by atoms with Crippen LogP contribution in [0.2, 0.25) is 0 Å². The number of aliphatic hydroxyl groups excluding tert-OH is 1. The van der Waals surface area contributed by atoms with Gasteiger partial charge in [0.2, 0.25) is 0 Å². The van der Waals surface area contributed by atoms with Crippen LogP contribution in [0.3, 0.4) is 0 Å². The molecule has 0 aliphatic heterocycles. The van der Waals surface area contributed by atoms with Crippen molar-refractivity contribution < 1.29 is 13.9 Å². The fraction of sp³-hybridized carbons (Fsp3) is 0.538. The Morgan fingerprint density at radius 2 is 1.82 bits per heavy atom. The van der Waals surface area contributed by atoms with Crippen molar-refractivity contribution >= 4 is 15.9 Å². The molecule has 0 radical (unpaired) electrons. The van der Waals surface area contributed by atoms with Crippen LogP contribution in [0.5, 0.6) is 0 Å². The van der Waals surface area contributed by atoms with Crippen molar-refractivity contribution in [3.05, 3.63) is 33.8 Å². The van der Waals surface area contributed by atoms with Gasteiger partial charge in [-0.1, -0.05) is 32.8 Å². The number of aliphatic hydroxyl groups is 1. The normalized spacial score (nSPS) is 13.1. The lowest BCUT2D eigenvalue weighted by Gasteiger charge is -2.19. The highest BCUT2D eigenvalue weighted by atomic mass is 79.9. The van der Waals surface area contributed by atoms with Gasteiger partial charge in [-0.05, 0) is 39.9 Å². The molecule has 1 rings (SSSR count). The van der Waals surface area contributed by atoms with Gasteiger partial charge in [0.05, 0.1) is 10.6 Å². The standard InChI is InChI=1S/C13H17BrF2O/c1-3-8(4-2)7-11(17)9-5-6-10(15)13(16)12(9)14/h5-6,8,11,17H,3-4,7H2,1-2H3. The van der Waals surface area contributed by atoms with E-state index in [9.17, 15) is 13.9 Å². The molecule has 0 saturated heterocycles. The van der Waals surface area contributed by atoms with Gasteiger partial charge in [-0.15, -0.1) is 0 Å². The molecule has 0 saturated carbocycles. The van der Waals surface area contributed by atoms with E-state index >= 15 is 0 Å². The van der Waals surface area contributed by atoms with Gasteiger partial charge in [0.1, 0.15) is 0 Å². The Balaban J connectivity index is 2.89. The van der Waals surface area contributed by atoms with Crippen molar-refractivity contribution in [3.8, 4) is 0 Å². The summed E-state index contributed by atoms with van der Waals surface area (Å²) in [4.78, 5) is 0. The molecule has 0 aromatic heterocycles. The minimum absolute atomic E-state index is 0.0240. The van der Waals surface area contributed by atoms with Gasteiger partial charge in [-0.3, -0.25) is 0 Å². The van der Waals surface area contributed by atoms with Crippen LogP contribution in [0.4, 0.5) is 8.78 Å². The van der Waals surface area contributed by atoms with Crippen molar-refractivity contribution in [2.24, 2.45) is 5.92 Å². The summed E-state index contributed by atoms with van der Waals surface area (Å²) in [5.74, 6) is -1.45. The minimum Gasteiger partial charge on any atom is -0.388 e. The second-order valence-electron chi connectivity index (χ2n) is 4.20. The quantitative estimate of drug-likeness (QED) is 0.789.